The molecule has 336 valence electrons. The van der Waals surface area contributed by atoms with Crippen LogP contribution in [0.5, 0.6) is 0 Å². The van der Waals surface area contributed by atoms with E-state index < -0.39 is 5.41 Å². The molecule has 0 radical (unpaired) electrons. The summed E-state index contributed by atoms with van der Waals surface area (Å²) in [6.45, 7) is 0. The first-order valence-electron chi connectivity index (χ1n) is 24.7. The molecule has 0 fully saturated rings. The van der Waals surface area contributed by atoms with Gasteiger partial charge >= 0.3 is 0 Å². The third kappa shape index (κ3) is 6.21. The highest BCUT2D eigenvalue weighted by atomic mass is 32.2. The number of rotatable bonds is 6. The van der Waals surface area contributed by atoms with Crippen LogP contribution in [0.4, 0.5) is 17.1 Å². The zero-order valence-corrected chi connectivity index (χ0v) is 40.7. The Morgan fingerprint density at radius 2 is 0.958 bits per heavy atom. The molecule has 0 N–H and O–H groups in total. The lowest BCUT2D eigenvalue weighted by Gasteiger charge is -2.40. The van der Waals surface area contributed by atoms with Crippen molar-refractivity contribution in [3.63, 3.8) is 0 Å². The van der Waals surface area contributed by atoms with E-state index in [0.29, 0.717) is 0 Å². The Hall–Kier alpha value is -8.47. The van der Waals surface area contributed by atoms with Gasteiger partial charge in [-0.2, -0.15) is 0 Å². The van der Waals surface area contributed by atoms with Crippen molar-refractivity contribution >= 4 is 81.9 Å². The standard InChI is InChI=1S/C69H43NS2/c1-3-17-44(18-4-1)46-33-35-48(36-34-46)56-42-53(43-58-57-40-50-22-7-8-23-51(50)41-65(57)72-67(56)58)70(52-25-15-24-49(39-52)45-19-5-2-6-20-45)63-31-16-30-61-66(63)55-27-11-12-28-59(55)69(61)60-29-13-14-32-64(60)71-68-54-26-10-9-21-47(54)37-38-62(68)69/h1-43H. The normalized spacial score (nSPS) is 14.4. The van der Waals surface area contributed by atoms with Crippen molar-refractivity contribution in [1.82, 2.24) is 0 Å². The van der Waals surface area contributed by atoms with Crippen LogP contribution in [0.15, 0.2) is 271 Å². The Bertz CT molecular complexity index is 4310. The van der Waals surface area contributed by atoms with Crippen molar-refractivity contribution < 1.29 is 0 Å². The van der Waals surface area contributed by atoms with Crippen molar-refractivity contribution in [2.75, 3.05) is 4.90 Å². The Balaban J connectivity index is 1.04. The summed E-state index contributed by atoms with van der Waals surface area (Å²) in [6, 6.07) is 97.6. The van der Waals surface area contributed by atoms with Gasteiger partial charge in [0.15, 0.2) is 0 Å². The summed E-state index contributed by atoms with van der Waals surface area (Å²) in [5.74, 6) is 0. The SMILES string of the molecule is c1ccc(-c2ccc(-c3cc(N(c4cccc(-c5ccccc5)c4)c4cccc5c4-c4ccccc4C54c5ccccc5Sc5c4ccc4ccccc54)cc4c3sc3cc5ccccc5cc34)cc2)cc1. The quantitative estimate of drug-likeness (QED) is 0.163. The third-order valence-corrected chi connectivity index (χ3v) is 17.7. The molecule has 3 heteroatoms. The lowest BCUT2D eigenvalue weighted by molar-refractivity contribution is 0.726. The molecule has 1 unspecified atom stereocenters. The first-order valence-corrected chi connectivity index (χ1v) is 26.4. The largest absolute Gasteiger partial charge is 0.310 e. The average Bonchev–Trinajstić information content (AvgIpc) is 3.96. The topological polar surface area (TPSA) is 3.24 Å². The summed E-state index contributed by atoms with van der Waals surface area (Å²) in [4.78, 5) is 5.20. The van der Waals surface area contributed by atoms with Crippen molar-refractivity contribution in [3.8, 4) is 44.5 Å². The molecule has 1 nitrogen and oxygen atoms in total. The highest BCUT2D eigenvalue weighted by Crippen LogP contribution is 2.65. The number of anilines is 3. The van der Waals surface area contributed by atoms with Crippen molar-refractivity contribution in [3.05, 3.63) is 283 Å². The lowest BCUT2D eigenvalue weighted by atomic mass is 9.67. The molecule has 1 spiro atoms. The molecule has 13 aromatic rings. The fraction of sp³-hybridized carbons (Fsp3) is 0.0145. The van der Waals surface area contributed by atoms with Crippen LogP contribution in [0.2, 0.25) is 0 Å². The zero-order chi connectivity index (χ0) is 47.3. The van der Waals surface area contributed by atoms with E-state index >= 15 is 0 Å². The second kappa shape index (κ2) is 16.3. The minimum atomic E-state index is -0.555. The van der Waals surface area contributed by atoms with Gasteiger partial charge in [-0.05, 0) is 126 Å². The van der Waals surface area contributed by atoms with Gasteiger partial charge in [0.25, 0.3) is 0 Å². The number of hydrogen-bond donors (Lipinski definition) is 0. The number of benzene rings is 12. The maximum atomic E-state index is 2.57. The molecule has 72 heavy (non-hydrogen) atoms. The maximum Gasteiger partial charge on any atom is 0.0736 e. The second-order valence-electron chi connectivity index (χ2n) is 19.1. The molecular weight excluding hydrogens is 907 g/mol. The zero-order valence-electron chi connectivity index (χ0n) is 39.1. The molecular formula is C69H43NS2. The molecule has 1 aliphatic heterocycles. The number of thiophene rings is 1. The van der Waals surface area contributed by atoms with E-state index in [-0.39, 0.29) is 0 Å². The van der Waals surface area contributed by atoms with Gasteiger partial charge in [0, 0.05) is 52.5 Å². The third-order valence-electron chi connectivity index (χ3n) is 15.3. The van der Waals surface area contributed by atoms with Crippen LogP contribution in [-0.4, -0.2) is 0 Å². The predicted octanol–water partition coefficient (Wildman–Crippen LogP) is 19.7. The monoisotopic (exact) mass is 949 g/mol. The van der Waals surface area contributed by atoms with Crippen molar-refractivity contribution in [1.29, 1.82) is 0 Å². The highest BCUT2D eigenvalue weighted by Gasteiger charge is 2.51. The van der Waals surface area contributed by atoms with Gasteiger partial charge in [-0.3, -0.25) is 0 Å². The van der Waals surface area contributed by atoms with Gasteiger partial charge in [-0.15, -0.1) is 11.3 Å². The molecule has 2 heterocycles. The molecule has 15 rings (SSSR count). The van der Waals surface area contributed by atoms with Crippen LogP contribution in [0, 0.1) is 0 Å². The van der Waals surface area contributed by atoms with Gasteiger partial charge in [0.2, 0.25) is 0 Å². The van der Waals surface area contributed by atoms with Crippen LogP contribution in [0.25, 0.3) is 86.2 Å². The summed E-state index contributed by atoms with van der Waals surface area (Å²) < 4.78 is 2.58. The number of fused-ring (bicyclic) bond motifs is 15. The Labute approximate surface area is 426 Å². The smallest absolute Gasteiger partial charge is 0.0736 e. The van der Waals surface area contributed by atoms with Gasteiger partial charge in [0.05, 0.1) is 11.1 Å². The van der Waals surface area contributed by atoms with Crippen LogP contribution in [-0.2, 0) is 5.41 Å². The Morgan fingerprint density at radius 1 is 0.333 bits per heavy atom. The fourth-order valence-electron chi connectivity index (χ4n) is 12.1. The van der Waals surface area contributed by atoms with Crippen LogP contribution >= 0.6 is 23.1 Å². The molecule has 1 aliphatic carbocycles. The summed E-state index contributed by atoms with van der Waals surface area (Å²) in [5, 5.41) is 7.60. The van der Waals surface area contributed by atoms with Crippen molar-refractivity contribution in [2.45, 2.75) is 15.2 Å². The highest BCUT2D eigenvalue weighted by molar-refractivity contribution is 7.99. The molecule has 0 saturated heterocycles. The summed E-state index contributed by atoms with van der Waals surface area (Å²) >= 11 is 3.82. The van der Waals surface area contributed by atoms with Crippen LogP contribution in [0.3, 0.4) is 0 Å². The number of hydrogen-bond acceptors (Lipinski definition) is 3. The van der Waals surface area contributed by atoms with Crippen LogP contribution < -0.4 is 4.90 Å². The summed E-state index contributed by atoms with van der Waals surface area (Å²) in [6.07, 6.45) is 0. The fourth-order valence-corrected chi connectivity index (χ4v) is 14.7. The molecule has 2 aliphatic rings. The average molecular weight is 950 g/mol. The van der Waals surface area contributed by atoms with E-state index in [9.17, 15) is 0 Å². The van der Waals surface area contributed by atoms with Gasteiger partial charge < -0.3 is 4.90 Å². The Kier molecular flexibility index (Phi) is 9.35. The first kappa shape index (κ1) is 41.3. The van der Waals surface area contributed by atoms with E-state index in [1.165, 1.54) is 118 Å². The second-order valence-corrected chi connectivity index (χ2v) is 21.2. The van der Waals surface area contributed by atoms with Crippen molar-refractivity contribution in [2.24, 2.45) is 0 Å². The maximum absolute atomic E-state index is 2.57. The minimum Gasteiger partial charge on any atom is -0.310 e. The molecule has 0 saturated carbocycles. The predicted molar refractivity (Wildman–Crippen MR) is 307 cm³/mol. The van der Waals surface area contributed by atoms with E-state index in [2.05, 4.69) is 266 Å². The molecule has 12 aromatic carbocycles. The van der Waals surface area contributed by atoms with Gasteiger partial charge in [-0.25, -0.2) is 0 Å². The molecule has 1 aromatic heterocycles. The Morgan fingerprint density at radius 3 is 1.78 bits per heavy atom. The summed E-state index contributed by atoms with van der Waals surface area (Å²) in [5.41, 5.74) is 17.8. The minimum absolute atomic E-state index is 0.555. The van der Waals surface area contributed by atoms with E-state index in [1.807, 2.05) is 23.1 Å². The molecule has 1 atom stereocenters. The van der Waals surface area contributed by atoms with Crippen LogP contribution in [0.1, 0.15) is 22.3 Å². The lowest BCUT2D eigenvalue weighted by Crippen LogP contribution is -2.32. The van der Waals surface area contributed by atoms with E-state index in [4.69, 9.17) is 0 Å². The van der Waals surface area contributed by atoms with Gasteiger partial charge in [-0.1, -0.05) is 224 Å². The summed E-state index contributed by atoms with van der Waals surface area (Å²) in [7, 11) is 0. The first-order chi connectivity index (χ1) is 35.7. The number of nitrogens with zero attached hydrogens (tertiary/aromatic N) is 1. The van der Waals surface area contributed by atoms with E-state index in [1.54, 1.807) is 0 Å². The molecule has 0 bridgehead atoms. The molecule has 0 amide bonds. The van der Waals surface area contributed by atoms with E-state index in [0.717, 1.165) is 17.1 Å². The van der Waals surface area contributed by atoms with Gasteiger partial charge in [0.1, 0.15) is 0 Å².